The van der Waals surface area contributed by atoms with Crippen molar-refractivity contribution < 1.29 is 14.0 Å². The number of carbonyl (C=O) groups excluding carboxylic acids is 2. The number of benzene rings is 2. The number of rotatable bonds is 7. The zero-order valence-electron chi connectivity index (χ0n) is 26.3. The van der Waals surface area contributed by atoms with Crippen LogP contribution in [0.2, 0.25) is 0 Å². The average Bonchev–Trinajstić information content (AvgIpc) is 3.02. The highest BCUT2D eigenvalue weighted by Gasteiger charge is 2.31. The predicted molar refractivity (Wildman–Crippen MR) is 172 cm³/mol. The van der Waals surface area contributed by atoms with E-state index in [4.69, 9.17) is 0 Å². The molecule has 3 atom stereocenters. The molecule has 4 heterocycles. The third-order valence-corrected chi connectivity index (χ3v) is 9.56. The lowest BCUT2D eigenvalue weighted by Gasteiger charge is -2.37. The second-order valence-corrected chi connectivity index (χ2v) is 12.8. The third-order valence-electron chi connectivity index (χ3n) is 9.56. The first-order valence-electron chi connectivity index (χ1n) is 15.8. The summed E-state index contributed by atoms with van der Waals surface area (Å²) in [6.07, 6.45) is 3.28. The van der Waals surface area contributed by atoms with E-state index >= 15 is 0 Å². The van der Waals surface area contributed by atoms with Crippen molar-refractivity contribution in [1.29, 1.82) is 0 Å². The molecular weight excluding hydrogens is 573 g/mol. The molecule has 0 bridgehead atoms. The summed E-state index contributed by atoms with van der Waals surface area (Å²) in [7, 11) is 3.81. The number of carbonyl (C=O) groups is 2. The van der Waals surface area contributed by atoms with Crippen molar-refractivity contribution in [2.75, 3.05) is 56.5 Å². The van der Waals surface area contributed by atoms with E-state index < -0.39 is 17.6 Å². The van der Waals surface area contributed by atoms with Crippen LogP contribution in [0.4, 0.5) is 15.8 Å². The molecule has 238 valence electrons. The van der Waals surface area contributed by atoms with Gasteiger partial charge in [-0.1, -0.05) is 24.3 Å². The average molecular weight is 616 g/mol. The number of anilines is 2. The quantitative estimate of drug-likeness (QED) is 0.392. The number of imide groups is 1. The SMILES string of the molecule is Cc1c(N[C@H]2C[C@@H](c3ccc(CN4CCN(c5ccc(F)c(C6CCC(=O)NC6=O)c5)CC4)cc3)CN(C)C2)cnn(C)c1=O. The molecule has 1 aromatic heterocycles. The summed E-state index contributed by atoms with van der Waals surface area (Å²) in [5.41, 5.74) is 5.29. The summed E-state index contributed by atoms with van der Waals surface area (Å²) >= 11 is 0. The highest BCUT2D eigenvalue weighted by molar-refractivity contribution is 6.01. The van der Waals surface area contributed by atoms with Gasteiger partial charge in [0.1, 0.15) is 5.82 Å². The number of aryl methyl sites for hydroxylation is 1. The Balaban J connectivity index is 1.03. The van der Waals surface area contributed by atoms with Crippen LogP contribution in [0.1, 0.15) is 53.4 Å². The number of hydrogen-bond acceptors (Lipinski definition) is 8. The second-order valence-electron chi connectivity index (χ2n) is 12.8. The van der Waals surface area contributed by atoms with Gasteiger partial charge in [0.15, 0.2) is 0 Å². The van der Waals surface area contributed by atoms with E-state index in [9.17, 15) is 18.8 Å². The largest absolute Gasteiger partial charge is 0.379 e. The normalized spacial score (nSPS) is 23.2. The molecule has 2 aromatic carbocycles. The number of nitrogens with zero attached hydrogens (tertiary/aromatic N) is 5. The molecular formula is C34H42FN7O3. The zero-order chi connectivity index (χ0) is 31.7. The van der Waals surface area contributed by atoms with Crippen molar-refractivity contribution >= 4 is 23.2 Å². The summed E-state index contributed by atoms with van der Waals surface area (Å²) in [4.78, 5) is 43.3. The van der Waals surface area contributed by atoms with Crippen molar-refractivity contribution in [2.45, 2.75) is 50.6 Å². The molecule has 3 aliphatic rings. The molecule has 2 N–H and O–H groups in total. The molecule has 6 rings (SSSR count). The fourth-order valence-electron chi connectivity index (χ4n) is 6.99. The number of piperazine rings is 1. The number of aromatic nitrogens is 2. The number of halogens is 1. The minimum Gasteiger partial charge on any atom is -0.379 e. The van der Waals surface area contributed by atoms with Gasteiger partial charge >= 0.3 is 0 Å². The van der Waals surface area contributed by atoms with Crippen molar-refractivity contribution in [3.63, 3.8) is 0 Å². The lowest BCUT2D eigenvalue weighted by atomic mass is 9.87. The third kappa shape index (κ3) is 6.94. The van der Waals surface area contributed by atoms with Crippen LogP contribution < -0.4 is 21.1 Å². The number of amides is 2. The standard InChI is InChI=1S/C34H42FN7O3/c1-22-31(18-36-40(3)34(22)45)37-26-16-25(20-39(2)21-26)24-6-4-23(5-7-24)19-41-12-14-42(15-13-41)27-8-10-30(35)29(17-27)28-9-11-32(43)38-33(28)44/h4-8,10,17-18,25-26,28,37H,9,11-16,19-21H2,1-3H3,(H,38,43,44)/t25-,26+,28?/m1/s1. The molecule has 3 aliphatic heterocycles. The monoisotopic (exact) mass is 615 g/mol. The first-order chi connectivity index (χ1) is 21.6. The molecule has 3 aromatic rings. The Morgan fingerprint density at radius 1 is 1.00 bits per heavy atom. The van der Waals surface area contributed by atoms with Crippen molar-refractivity contribution in [3.8, 4) is 0 Å². The number of likely N-dealkylation sites (N-methyl/N-ethyl adjacent to an activating group) is 1. The highest BCUT2D eigenvalue weighted by atomic mass is 19.1. The van der Waals surface area contributed by atoms with E-state index in [0.717, 1.165) is 63.6 Å². The zero-order valence-corrected chi connectivity index (χ0v) is 26.3. The molecule has 0 spiro atoms. The summed E-state index contributed by atoms with van der Waals surface area (Å²) in [5, 5.41) is 10.1. The van der Waals surface area contributed by atoms with E-state index in [1.54, 1.807) is 25.4 Å². The van der Waals surface area contributed by atoms with Gasteiger partial charge in [-0.2, -0.15) is 5.10 Å². The summed E-state index contributed by atoms with van der Waals surface area (Å²) < 4.78 is 16.1. The number of piperidine rings is 2. The van der Waals surface area contributed by atoms with Gasteiger partial charge in [0, 0.05) is 82.1 Å². The predicted octanol–water partition coefficient (Wildman–Crippen LogP) is 2.97. The number of nitrogens with one attached hydrogen (secondary N) is 2. The summed E-state index contributed by atoms with van der Waals surface area (Å²) in [6, 6.07) is 14.2. The van der Waals surface area contributed by atoms with Gasteiger partial charge in [-0.15, -0.1) is 0 Å². The molecule has 0 radical (unpaired) electrons. The van der Waals surface area contributed by atoms with Gasteiger partial charge in [-0.05, 0) is 62.1 Å². The van der Waals surface area contributed by atoms with Gasteiger partial charge in [-0.25, -0.2) is 9.07 Å². The van der Waals surface area contributed by atoms with Crippen molar-refractivity contribution in [2.24, 2.45) is 7.05 Å². The molecule has 3 saturated heterocycles. The van der Waals surface area contributed by atoms with Crippen LogP contribution in [0.15, 0.2) is 53.5 Å². The maximum absolute atomic E-state index is 14.7. The van der Waals surface area contributed by atoms with Gasteiger partial charge in [0.25, 0.3) is 5.56 Å². The molecule has 11 heteroatoms. The van der Waals surface area contributed by atoms with Crippen LogP contribution in [0.25, 0.3) is 0 Å². The minimum atomic E-state index is -0.635. The summed E-state index contributed by atoms with van der Waals surface area (Å²) in [6.45, 7) is 7.98. The van der Waals surface area contributed by atoms with Crippen molar-refractivity contribution in [1.82, 2.24) is 24.9 Å². The highest BCUT2D eigenvalue weighted by Crippen LogP contribution is 2.32. The van der Waals surface area contributed by atoms with Gasteiger partial charge in [-0.3, -0.25) is 24.6 Å². The second kappa shape index (κ2) is 13.1. The first-order valence-corrected chi connectivity index (χ1v) is 15.8. The van der Waals surface area contributed by atoms with Crippen LogP contribution in [0, 0.1) is 12.7 Å². The van der Waals surface area contributed by atoms with Crippen LogP contribution in [-0.2, 0) is 23.2 Å². The van der Waals surface area contributed by atoms with E-state index in [0.29, 0.717) is 23.5 Å². The Morgan fingerprint density at radius 3 is 2.49 bits per heavy atom. The van der Waals surface area contributed by atoms with Crippen LogP contribution >= 0.6 is 0 Å². The van der Waals surface area contributed by atoms with E-state index in [1.165, 1.54) is 21.9 Å². The minimum absolute atomic E-state index is 0.0768. The molecule has 0 aliphatic carbocycles. The van der Waals surface area contributed by atoms with E-state index in [-0.39, 0.29) is 23.9 Å². The van der Waals surface area contributed by atoms with E-state index in [1.807, 2.05) is 6.92 Å². The Labute approximate surface area is 263 Å². The number of likely N-dealkylation sites (tertiary alicyclic amines) is 1. The fourth-order valence-corrected chi connectivity index (χ4v) is 6.99. The smallest absolute Gasteiger partial charge is 0.271 e. The number of hydrogen-bond donors (Lipinski definition) is 2. The topological polar surface area (TPSA) is 103 Å². The Kier molecular flexibility index (Phi) is 9.00. The maximum Gasteiger partial charge on any atom is 0.271 e. The first kappa shape index (κ1) is 30.9. The van der Waals surface area contributed by atoms with E-state index in [2.05, 4.69) is 61.7 Å². The lowest BCUT2D eigenvalue weighted by Crippen LogP contribution is -2.46. The van der Waals surface area contributed by atoms with Crippen LogP contribution in [0.5, 0.6) is 0 Å². The van der Waals surface area contributed by atoms with Crippen LogP contribution in [0.3, 0.4) is 0 Å². The Morgan fingerprint density at radius 2 is 1.76 bits per heavy atom. The molecule has 45 heavy (non-hydrogen) atoms. The fraction of sp³-hybridized carbons (Fsp3) is 0.471. The van der Waals surface area contributed by atoms with Crippen molar-refractivity contribution in [3.05, 3.63) is 87.1 Å². The van der Waals surface area contributed by atoms with Crippen LogP contribution in [-0.4, -0.2) is 83.8 Å². The molecule has 2 amide bonds. The lowest BCUT2D eigenvalue weighted by molar-refractivity contribution is -0.134. The molecule has 3 fully saturated rings. The Bertz CT molecular complexity index is 1620. The molecule has 10 nitrogen and oxygen atoms in total. The maximum atomic E-state index is 14.7. The van der Waals surface area contributed by atoms with Gasteiger partial charge < -0.3 is 15.1 Å². The summed E-state index contributed by atoms with van der Waals surface area (Å²) in [5.74, 6) is -1.37. The molecule has 0 saturated carbocycles. The molecule has 1 unspecified atom stereocenters. The van der Waals surface area contributed by atoms with Gasteiger partial charge in [0.05, 0.1) is 17.8 Å². The Hall–Kier alpha value is -4.09. The van der Waals surface area contributed by atoms with Gasteiger partial charge in [0.2, 0.25) is 11.8 Å².